The number of rotatable bonds is 9. The summed E-state index contributed by atoms with van der Waals surface area (Å²) in [5.74, 6) is -0.396. The van der Waals surface area contributed by atoms with E-state index in [1.807, 2.05) is 62.8 Å². The largest absolute Gasteiger partial charge is 0.347 e. The summed E-state index contributed by atoms with van der Waals surface area (Å²) in [6, 6.07) is 16.3. The van der Waals surface area contributed by atoms with Crippen molar-refractivity contribution < 1.29 is 14.4 Å². The number of hydrogen-bond acceptors (Lipinski definition) is 5. The van der Waals surface area contributed by atoms with Gasteiger partial charge >= 0.3 is 0 Å². The monoisotopic (exact) mass is 526 g/mol. The molecular formula is C32H38N4O3. The molecule has 3 aromatic rings. The number of nitrogens with one attached hydrogen (secondary N) is 1. The van der Waals surface area contributed by atoms with Crippen molar-refractivity contribution in [2.75, 3.05) is 20.6 Å². The molecule has 7 heteroatoms. The number of pyridine rings is 1. The van der Waals surface area contributed by atoms with Gasteiger partial charge in [0.2, 0.25) is 11.8 Å². The van der Waals surface area contributed by atoms with Crippen molar-refractivity contribution in [3.05, 3.63) is 89.2 Å². The lowest BCUT2D eigenvalue weighted by Gasteiger charge is -2.40. The van der Waals surface area contributed by atoms with Crippen LogP contribution in [0.25, 0.3) is 11.1 Å². The van der Waals surface area contributed by atoms with Gasteiger partial charge in [-0.3, -0.25) is 19.4 Å². The number of nitrogens with zero attached hydrogens (tertiary/aromatic N) is 3. The summed E-state index contributed by atoms with van der Waals surface area (Å²) >= 11 is 0. The Hall–Kier alpha value is -3.84. The Kier molecular flexibility index (Phi) is 8.92. The quantitative estimate of drug-likeness (QED) is 0.433. The lowest BCUT2D eigenvalue weighted by molar-refractivity contribution is -0.144. The first-order valence-electron chi connectivity index (χ1n) is 13.5. The van der Waals surface area contributed by atoms with E-state index in [1.165, 1.54) is 6.92 Å². The molecule has 0 spiro atoms. The van der Waals surface area contributed by atoms with E-state index in [1.54, 1.807) is 11.1 Å². The molecule has 1 fully saturated rings. The second kappa shape index (κ2) is 12.3. The van der Waals surface area contributed by atoms with Gasteiger partial charge in [0.25, 0.3) is 0 Å². The number of carbonyl (C=O) groups is 3. The molecule has 1 N–H and O–H groups in total. The molecular weight excluding hydrogens is 488 g/mol. The molecule has 7 nitrogen and oxygen atoms in total. The van der Waals surface area contributed by atoms with Gasteiger partial charge in [0.15, 0.2) is 0 Å². The zero-order valence-corrected chi connectivity index (χ0v) is 23.5. The van der Waals surface area contributed by atoms with Gasteiger partial charge in [0.05, 0.1) is 6.04 Å². The normalized spacial score (nSPS) is 17.1. The summed E-state index contributed by atoms with van der Waals surface area (Å²) in [5, 5.41) is 3.13. The summed E-state index contributed by atoms with van der Waals surface area (Å²) in [5.41, 5.74) is 5.78. The van der Waals surface area contributed by atoms with E-state index in [0.717, 1.165) is 39.8 Å². The number of likely N-dealkylation sites (N-methyl/N-ethyl adjacent to an activating group) is 1. The van der Waals surface area contributed by atoms with Crippen LogP contribution in [0.5, 0.6) is 0 Å². The van der Waals surface area contributed by atoms with Crippen molar-refractivity contribution in [1.29, 1.82) is 0 Å². The predicted octanol–water partition coefficient (Wildman–Crippen LogP) is 4.80. The molecule has 1 aliphatic heterocycles. The highest BCUT2D eigenvalue weighted by molar-refractivity contribution is 5.90. The molecule has 2 heterocycles. The number of piperidine rings is 1. The Bertz CT molecular complexity index is 1320. The number of hydrogen-bond donors (Lipinski definition) is 1. The molecule has 0 radical (unpaired) electrons. The van der Waals surface area contributed by atoms with E-state index in [4.69, 9.17) is 0 Å². The third kappa shape index (κ3) is 6.60. The SMILES string of the molecule is CC(=O)C[C@H](NC(=O)C(c1ccccc1)N1CC(N(C)C)CCC1=O)c1cncc(-c2c(C)cccc2C)c1. The zero-order valence-electron chi connectivity index (χ0n) is 23.5. The topological polar surface area (TPSA) is 82.6 Å². The highest BCUT2D eigenvalue weighted by Gasteiger charge is 2.37. The molecule has 4 rings (SSSR count). The molecule has 0 bridgehead atoms. The number of amides is 2. The second-order valence-corrected chi connectivity index (χ2v) is 10.8. The Morgan fingerprint density at radius 1 is 1.03 bits per heavy atom. The van der Waals surface area contributed by atoms with Crippen molar-refractivity contribution >= 4 is 17.6 Å². The minimum absolute atomic E-state index is 0.0427. The lowest BCUT2D eigenvalue weighted by atomic mass is 9.93. The summed E-state index contributed by atoms with van der Waals surface area (Å²) in [6.45, 7) is 6.10. The number of carbonyl (C=O) groups excluding carboxylic acids is 3. The van der Waals surface area contributed by atoms with Gasteiger partial charge in [-0.15, -0.1) is 0 Å². The lowest BCUT2D eigenvalue weighted by Crippen LogP contribution is -2.52. The maximum atomic E-state index is 14.0. The van der Waals surface area contributed by atoms with Gasteiger partial charge in [-0.2, -0.15) is 0 Å². The van der Waals surface area contributed by atoms with Crippen LogP contribution in [-0.4, -0.2) is 59.1 Å². The van der Waals surface area contributed by atoms with Crippen molar-refractivity contribution in [2.45, 2.75) is 58.2 Å². The highest BCUT2D eigenvalue weighted by Crippen LogP contribution is 2.31. The second-order valence-electron chi connectivity index (χ2n) is 10.8. The van der Waals surface area contributed by atoms with Crippen LogP contribution in [-0.2, 0) is 14.4 Å². The Morgan fingerprint density at radius 3 is 2.36 bits per heavy atom. The van der Waals surface area contributed by atoms with E-state index in [0.29, 0.717) is 13.0 Å². The molecule has 1 aliphatic rings. The summed E-state index contributed by atoms with van der Waals surface area (Å²) in [6.07, 6.45) is 4.79. The first-order chi connectivity index (χ1) is 18.7. The number of ketones is 1. The summed E-state index contributed by atoms with van der Waals surface area (Å²) in [7, 11) is 3.99. The molecule has 39 heavy (non-hydrogen) atoms. The van der Waals surface area contributed by atoms with Crippen molar-refractivity contribution in [3.63, 3.8) is 0 Å². The van der Waals surface area contributed by atoms with E-state index in [-0.39, 0.29) is 30.1 Å². The van der Waals surface area contributed by atoms with Crippen molar-refractivity contribution in [3.8, 4) is 11.1 Å². The van der Waals surface area contributed by atoms with Gasteiger partial charge in [0.1, 0.15) is 11.8 Å². The molecule has 204 valence electrons. The van der Waals surface area contributed by atoms with Crippen LogP contribution in [0.15, 0.2) is 67.0 Å². The molecule has 2 amide bonds. The minimum atomic E-state index is -0.800. The maximum absolute atomic E-state index is 14.0. The van der Waals surface area contributed by atoms with Gasteiger partial charge in [-0.25, -0.2) is 0 Å². The van der Waals surface area contributed by atoms with Crippen LogP contribution in [0.3, 0.4) is 0 Å². The average molecular weight is 527 g/mol. The van der Waals surface area contributed by atoms with Crippen LogP contribution in [0.1, 0.15) is 60.5 Å². The third-order valence-electron chi connectivity index (χ3n) is 7.56. The highest BCUT2D eigenvalue weighted by atomic mass is 16.2. The number of aromatic nitrogens is 1. The third-order valence-corrected chi connectivity index (χ3v) is 7.56. The fraction of sp³-hybridized carbons (Fsp3) is 0.375. The fourth-order valence-electron chi connectivity index (χ4n) is 5.48. The molecule has 2 aromatic carbocycles. The van der Waals surface area contributed by atoms with E-state index >= 15 is 0 Å². The van der Waals surface area contributed by atoms with Crippen molar-refractivity contribution in [1.82, 2.24) is 20.1 Å². The predicted molar refractivity (Wildman–Crippen MR) is 153 cm³/mol. The Morgan fingerprint density at radius 2 is 1.72 bits per heavy atom. The Labute approximate surface area is 231 Å². The number of benzene rings is 2. The molecule has 1 saturated heterocycles. The smallest absolute Gasteiger partial charge is 0.247 e. The van der Waals surface area contributed by atoms with Crippen LogP contribution in [0.2, 0.25) is 0 Å². The maximum Gasteiger partial charge on any atom is 0.247 e. The summed E-state index contributed by atoms with van der Waals surface area (Å²) in [4.78, 5) is 47.8. The van der Waals surface area contributed by atoms with E-state index in [2.05, 4.69) is 41.2 Å². The number of aryl methyl sites for hydroxylation is 2. The molecule has 2 unspecified atom stereocenters. The van der Waals surface area contributed by atoms with Gasteiger partial charge in [0, 0.05) is 43.4 Å². The van der Waals surface area contributed by atoms with E-state index in [9.17, 15) is 14.4 Å². The fourth-order valence-corrected chi connectivity index (χ4v) is 5.48. The number of likely N-dealkylation sites (tertiary alicyclic amines) is 1. The van der Waals surface area contributed by atoms with Crippen LogP contribution in [0.4, 0.5) is 0 Å². The van der Waals surface area contributed by atoms with Gasteiger partial charge < -0.3 is 15.1 Å². The van der Waals surface area contributed by atoms with Crippen LogP contribution in [0, 0.1) is 13.8 Å². The number of Topliss-reactive ketones (excluding diaryl/α,β-unsaturated/α-hetero) is 1. The van der Waals surface area contributed by atoms with Crippen LogP contribution < -0.4 is 5.32 Å². The summed E-state index contributed by atoms with van der Waals surface area (Å²) < 4.78 is 0. The van der Waals surface area contributed by atoms with Crippen molar-refractivity contribution in [2.24, 2.45) is 0 Å². The zero-order chi connectivity index (χ0) is 28.1. The molecule has 3 atom stereocenters. The standard InChI is InChI=1S/C32H38N4O3/c1-21-10-9-11-22(2)30(21)26-17-25(18-33-19-26)28(16-23(3)37)34-32(39)31(24-12-7-6-8-13-24)36-20-27(35(4)5)14-15-29(36)38/h6-13,17-19,27-28,31H,14-16,20H2,1-5H3,(H,34,39)/t27?,28-,31?/m0/s1. The van der Waals surface area contributed by atoms with Gasteiger partial charge in [-0.05, 0) is 75.2 Å². The minimum Gasteiger partial charge on any atom is -0.347 e. The Balaban J connectivity index is 1.69. The van der Waals surface area contributed by atoms with E-state index < -0.39 is 12.1 Å². The average Bonchev–Trinajstić information content (AvgIpc) is 2.90. The van der Waals surface area contributed by atoms with Gasteiger partial charge in [-0.1, -0.05) is 48.5 Å². The molecule has 1 aromatic heterocycles. The first-order valence-corrected chi connectivity index (χ1v) is 13.5. The molecule has 0 saturated carbocycles. The van der Waals surface area contributed by atoms with Crippen LogP contribution >= 0.6 is 0 Å². The molecule has 0 aliphatic carbocycles. The first kappa shape index (κ1) is 28.2.